The second-order valence-electron chi connectivity index (χ2n) is 5.13. The maximum atomic E-state index is 10.9. The van der Waals surface area contributed by atoms with E-state index in [4.69, 9.17) is 9.84 Å². The van der Waals surface area contributed by atoms with E-state index in [9.17, 15) is 4.79 Å². The summed E-state index contributed by atoms with van der Waals surface area (Å²) in [5, 5.41) is 15.1. The number of carbonyl (C=O) groups is 1. The summed E-state index contributed by atoms with van der Waals surface area (Å²) in [6.07, 6.45) is 1.63. The average molecular weight is 336 g/mol. The highest BCUT2D eigenvalue weighted by Gasteiger charge is 2.04. The van der Waals surface area contributed by atoms with Gasteiger partial charge in [-0.05, 0) is 54.6 Å². The van der Waals surface area contributed by atoms with Crippen LogP contribution in [0.5, 0.6) is 5.75 Å². The molecule has 0 aliphatic carbocycles. The molecule has 0 atom stereocenters. The van der Waals surface area contributed by atoms with E-state index in [-0.39, 0.29) is 5.56 Å². The van der Waals surface area contributed by atoms with Crippen LogP contribution in [0.4, 0.5) is 23.1 Å². The average Bonchev–Trinajstić information content (AvgIpc) is 2.63. The van der Waals surface area contributed by atoms with Crippen LogP contribution in [0.3, 0.4) is 0 Å². The molecule has 2 aromatic carbocycles. The third-order valence-corrected chi connectivity index (χ3v) is 3.41. The van der Waals surface area contributed by atoms with E-state index in [1.54, 1.807) is 31.5 Å². The molecule has 7 heteroatoms. The molecule has 0 aliphatic rings. The van der Waals surface area contributed by atoms with Crippen molar-refractivity contribution in [3.05, 3.63) is 66.4 Å². The number of carboxylic acid groups (broad SMARTS) is 1. The summed E-state index contributed by atoms with van der Waals surface area (Å²) in [5.41, 5.74) is 1.80. The minimum atomic E-state index is -0.959. The third kappa shape index (κ3) is 4.23. The van der Waals surface area contributed by atoms with Gasteiger partial charge in [-0.15, -0.1) is 0 Å². The lowest BCUT2D eigenvalue weighted by Gasteiger charge is -2.09. The fourth-order valence-corrected chi connectivity index (χ4v) is 2.14. The number of methoxy groups -OCH3 is 1. The molecule has 25 heavy (non-hydrogen) atoms. The molecule has 0 aliphatic heterocycles. The Morgan fingerprint density at radius 1 is 0.960 bits per heavy atom. The standard InChI is InChI=1S/C18H16N4O3/c1-25-15-8-6-14(7-9-15)21-18-19-11-10-16(22-18)20-13-4-2-12(3-5-13)17(23)24/h2-11H,1H3,(H,23,24)(H2,19,20,21,22). The van der Waals surface area contributed by atoms with Crippen molar-refractivity contribution < 1.29 is 14.6 Å². The summed E-state index contributed by atoms with van der Waals surface area (Å²) in [7, 11) is 1.61. The first-order chi connectivity index (χ1) is 12.1. The first-order valence-corrected chi connectivity index (χ1v) is 7.48. The Balaban J connectivity index is 1.71. The molecule has 3 rings (SSSR count). The Morgan fingerprint density at radius 3 is 2.24 bits per heavy atom. The Kier molecular flexibility index (Phi) is 4.75. The number of carboxylic acids is 1. The van der Waals surface area contributed by atoms with Crippen LogP contribution in [0, 0.1) is 0 Å². The van der Waals surface area contributed by atoms with Crippen LogP contribution in [0.1, 0.15) is 10.4 Å². The highest BCUT2D eigenvalue weighted by Crippen LogP contribution is 2.20. The van der Waals surface area contributed by atoms with E-state index in [0.29, 0.717) is 11.8 Å². The Labute approximate surface area is 144 Å². The Bertz CT molecular complexity index is 864. The molecule has 0 radical (unpaired) electrons. The van der Waals surface area contributed by atoms with E-state index in [1.807, 2.05) is 24.3 Å². The molecule has 1 heterocycles. The molecular formula is C18H16N4O3. The van der Waals surface area contributed by atoms with E-state index in [1.165, 1.54) is 12.1 Å². The third-order valence-electron chi connectivity index (χ3n) is 3.41. The maximum Gasteiger partial charge on any atom is 0.335 e. The van der Waals surface area contributed by atoms with Crippen LogP contribution in [-0.2, 0) is 0 Å². The van der Waals surface area contributed by atoms with Crippen LogP contribution >= 0.6 is 0 Å². The number of hydrogen-bond donors (Lipinski definition) is 3. The molecule has 0 bridgehead atoms. The second-order valence-corrected chi connectivity index (χ2v) is 5.13. The Hall–Kier alpha value is -3.61. The number of nitrogens with one attached hydrogen (secondary N) is 2. The van der Waals surface area contributed by atoms with Crippen molar-refractivity contribution in [3.63, 3.8) is 0 Å². The molecule has 126 valence electrons. The zero-order valence-corrected chi connectivity index (χ0v) is 13.4. The van der Waals surface area contributed by atoms with Gasteiger partial charge in [0.2, 0.25) is 5.95 Å². The summed E-state index contributed by atoms with van der Waals surface area (Å²) in [6, 6.07) is 15.6. The normalized spacial score (nSPS) is 10.1. The minimum Gasteiger partial charge on any atom is -0.497 e. The summed E-state index contributed by atoms with van der Waals surface area (Å²) in [5.74, 6) is 0.845. The van der Waals surface area contributed by atoms with Gasteiger partial charge in [-0.25, -0.2) is 9.78 Å². The smallest absolute Gasteiger partial charge is 0.335 e. The maximum absolute atomic E-state index is 10.9. The molecule has 0 unspecified atom stereocenters. The number of benzene rings is 2. The van der Waals surface area contributed by atoms with E-state index in [2.05, 4.69) is 20.6 Å². The molecule has 3 aromatic rings. The molecule has 0 fully saturated rings. The molecule has 3 N–H and O–H groups in total. The van der Waals surface area contributed by atoms with Crippen molar-refractivity contribution in [2.45, 2.75) is 0 Å². The van der Waals surface area contributed by atoms with Crippen LogP contribution < -0.4 is 15.4 Å². The van der Waals surface area contributed by atoms with Gasteiger partial charge in [-0.2, -0.15) is 4.98 Å². The number of ether oxygens (including phenoxy) is 1. The second kappa shape index (κ2) is 7.31. The zero-order valence-electron chi connectivity index (χ0n) is 13.4. The van der Waals surface area contributed by atoms with Gasteiger partial charge in [0.1, 0.15) is 11.6 Å². The van der Waals surface area contributed by atoms with Crippen molar-refractivity contribution in [2.75, 3.05) is 17.7 Å². The van der Waals surface area contributed by atoms with Crippen molar-refractivity contribution in [1.82, 2.24) is 9.97 Å². The summed E-state index contributed by atoms with van der Waals surface area (Å²) < 4.78 is 5.12. The minimum absolute atomic E-state index is 0.232. The van der Waals surface area contributed by atoms with Gasteiger partial charge >= 0.3 is 5.97 Å². The fourth-order valence-electron chi connectivity index (χ4n) is 2.14. The molecule has 7 nitrogen and oxygen atoms in total. The van der Waals surface area contributed by atoms with Crippen LogP contribution in [0.25, 0.3) is 0 Å². The quantitative estimate of drug-likeness (QED) is 0.632. The van der Waals surface area contributed by atoms with Gasteiger partial charge in [0.05, 0.1) is 12.7 Å². The zero-order chi connectivity index (χ0) is 17.6. The van der Waals surface area contributed by atoms with Gasteiger partial charge in [-0.1, -0.05) is 0 Å². The highest BCUT2D eigenvalue weighted by molar-refractivity contribution is 5.88. The SMILES string of the molecule is COc1ccc(Nc2nccc(Nc3ccc(C(=O)O)cc3)n2)cc1. The first kappa shape index (κ1) is 16.3. The Morgan fingerprint density at radius 2 is 1.60 bits per heavy atom. The van der Waals surface area contributed by atoms with Crippen molar-refractivity contribution in [1.29, 1.82) is 0 Å². The van der Waals surface area contributed by atoms with Crippen LogP contribution in [0.15, 0.2) is 60.8 Å². The van der Waals surface area contributed by atoms with Gasteiger partial charge in [0, 0.05) is 17.6 Å². The van der Waals surface area contributed by atoms with E-state index >= 15 is 0 Å². The summed E-state index contributed by atoms with van der Waals surface area (Å²) in [6.45, 7) is 0. The number of aromatic carboxylic acids is 1. The largest absolute Gasteiger partial charge is 0.497 e. The van der Waals surface area contributed by atoms with Gasteiger partial charge in [0.15, 0.2) is 0 Å². The van der Waals surface area contributed by atoms with Gasteiger partial charge < -0.3 is 20.5 Å². The predicted octanol–water partition coefficient (Wildman–Crippen LogP) is 3.67. The van der Waals surface area contributed by atoms with E-state index in [0.717, 1.165) is 17.1 Å². The first-order valence-electron chi connectivity index (χ1n) is 7.48. The highest BCUT2D eigenvalue weighted by atomic mass is 16.5. The van der Waals surface area contributed by atoms with Crippen molar-refractivity contribution in [2.24, 2.45) is 0 Å². The number of rotatable bonds is 6. The van der Waals surface area contributed by atoms with E-state index < -0.39 is 5.97 Å². The molecule has 0 saturated carbocycles. The lowest BCUT2D eigenvalue weighted by molar-refractivity contribution is 0.0697. The topological polar surface area (TPSA) is 96.4 Å². The monoisotopic (exact) mass is 336 g/mol. The predicted molar refractivity (Wildman–Crippen MR) is 95.0 cm³/mol. The van der Waals surface area contributed by atoms with Gasteiger partial charge in [0.25, 0.3) is 0 Å². The lowest BCUT2D eigenvalue weighted by atomic mass is 10.2. The van der Waals surface area contributed by atoms with Crippen molar-refractivity contribution >= 4 is 29.1 Å². The fraction of sp³-hybridized carbons (Fsp3) is 0.0556. The summed E-state index contributed by atoms with van der Waals surface area (Å²) >= 11 is 0. The summed E-state index contributed by atoms with van der Waals surface area (Å²) in [4.78, 5) is 19.4. The molecule has 1 aromatic heterocycles. The van der Waals surface area contributed by atoms with Crippen LogP contribution in [0.2, 0.25) is 0 Å². The molecule has 0 amide bonds. The molecule has 0 saturated heterocycles. The van der Waals surface area contributed by atoms with Gasteiger partial charge in [-0.3, -0.25) is 0 Å². The lowest BCUT2D eigenvalue weighted by Crippen LogP contribution is -2.01. The number of hydrogen-bond acceptors (Lipinski definition) is 6. The number of anilines is 4. The van der Waals surface area contributed by atoms with Crippen LogP contribution in [-0.4, -0.2) is 28.2 Å². The van der Waals surface area contributed by atoms with Crippen molar-refractivity contribution in [3.8, 4) is 5.75 Å². The number of aromatic nitrogens is 2. The number of nitrogens with zero attached hydrogens (tertiary/aromatic N) is 2. The molecular weight excluding hydrogens is 320 g/mol. The molecule has 0 spiro atoms.